The standard InChI is InChI=1S/C15H17N5O4/c1-3-10(20(22)23)6-5-7-11-12(15(21)24-4-2)8-19-13(11)14(16)17-9-18-19/h3,5-6,8-9H,4,7H2,1-2H3,(H2,16,17,18)/b6-5-,10-3+. The number of hydrogen-bond acceptors (Lipinski definition) is 7. The summed E-state index contributed by atoms with van der Waals surface area (Å²) in [7, 11) is 0. The molecule has 0 unspecified atom stereocenters. The summed E-state index contributed by atoms with van der Waals surface area (Å²) in [5, 5.41) is 14.8. The number of ether oxygens (including phenoxy) is 1. The highest BCUT2D eigenvalue weighted by atomic mass is 16.6. The Bertz CT molecular complexity index is 838. The Morgan fingerprint density at radius 3 is 2.92 bits per heavy atom. The maximum absolute atomic E-state index is 12.1. The van der Waals surface area contributed by atoms with Crippen molar-refractivity contribution in [3.8, 4) is 0 Å². The predicted octanol–water partition coefficient (Wildman–Crippen LogP) is 1.77. The summed E-state index contributed by atoms with van der Waals surface area (Å²) in [5.74, 6) is -0.296. The van der Waals surface area contributed by atoms with E-state index >= 15 is 0 Å². The van der Waals surface area contributed by atoms with Crippen molar-refractivity contribution in [3.05, 3.63) is 57.7 Å². The van der Waals surface area contributed by atoms with Crippen LogP contribution in [-0.4, -0.2) is 32.1 Å². The number of nitrogens with zero attached hydrogens (tertiary/aromatic N) is 4. The molecule has 0 amide bonds. The molecule has 0 saturated heterocycles. The van der Waals surface area contributed by atoms with Gasteiger partial charge in [0.2, 0.25) is 0 Å². The number of hydrogen-bond donors (Lipinski definition) is 1. The fourth-order valence-corrected chi connectivity index (χ4v) is 2.25. The molecule has 0 saturated carbocycles. The third kappa shape index (κ3) is 3.40. The Balaban J connectivity index is 2.46. The van der Waals surface area contributed by atoms with E-state index in [-0.39, 0.29) is 24.5 Å². The first-order valence-electron chi connectivity index (χ1n) is 7.24. The van der Waals surface area contributed by atoms with Gasteiger partial charge in [-0.3, -0.25) is 10.1 Å². The minimum atomic E-state index is -0.508. The molecule has 0 aliphatic carbocycles. The van der Waals surface area contributed by atoms with Gasteiger partial charge in [0, 0.05) is 17.8 Å². The van der Waals surface area contributed by atoms with Crippen molar-refractivity contribution >= 4 is 17.3 Å². The van der Waals surface area contributed by atoms with Gasteiger partial charge in [0.05, 0.1) is 17.1 Å². The average Bonchev–Trinajstić information content (AvgIpc) is 2.91. The number of anilines is 1. The van der Waals surface area contributed by atoms with Crippen LogP contribution in [0.25, 0.3) is 5.52 Å². The van der Waals surface area contributed by atoms with Gasteiger partial charge in [-0.1, -0.05) is 6.08 Å². The van der Waals surface area contributed by atoms with Crippen LogP contribution in [0.15, 0.2) is 36.4 Å². The lowest BCUT2D eigenvalue weighted by Crippen LogP contribution is -2.06. The van der Waals surface area contributed by atoms with E-state index in [1.807, 2.05) is 0 Å². The molecule has 0 aromatic carbocycles. The molecule has 0 fully saturated rings. The Morgan fingerprint density at radius 2 is 2.29 bits per heavy atom. The minimum absolute atomic E-state index is 0.0413. The third-order valence-electron chi connectivity index (χ3n) is 3.32. The van der Waals surface area contributed by atoms with Gasteiger partial charge in [0.25, 0.3) is 5.70 Å². The van der Waals surface area contributed by atoms with E-state index in [9.17, 15) is 14.9 Å². The molecule has 2 N–H and O–H groups in total. The lowest BCUT2D eigenvalue weighted by molar-refractivity contribution is -0.419. The Kier molecular flexibility index (Phi) is 5.25. The maximum Gasteiger partial charge on any atom is 0.340 e. The van der Waals surface area contributed by atoms with Crippen molar-refractivity contribution < 1.29 is 14.5 Å². The van der Waals surface area contributed by atoms with Crippen molar-refractivity contribution in [1.82, 2.24) is 14.6 Å². The van der Waals surface area contributed by atoms with E-state index in [0.717, 1.165) is 0 Å². The van der Waals surface area contributed by atoms with E-state index in [4.69, 9.17) is 10.5 Å². The highest BCUT2D eigenvalue weighted by Gasteiger charge is 2.20. The largest absolute Gasteiger partial charge is 0.462 e. The van der Waals surface area contributed by atoms with Crippen LogP contribution < -0.4 is 5.73 Å². The molecule has 0 aliphatic rings. The van der Waals surface area contributed by atoms with Crippen molar-refractivity contribution in [2.75, 3.05) is 12.3 Å². The monoisotopic (exact) mass is 331 g/mol. The molecule has 2 heterocycles. The van der Waals surface area contributed by atoms with Crippen LogP contribution in [-0.2, 0) is 11.2 Å². The van der Waals surface area contributed by atoms with Gasteiger partial charge in [0.1, 0.15) is 11.8 Å². The molecule has 2 rings (SSSR count). The second-order valence-electron chi connectivity index (χ2n) is 4.76. The van der Waals surface area contributed by atoms with Gasteiger partial charge in [-0.2, -0.15) is 5.10 Å². The number of esters is 1. The first kappa shape index (κ1) is 17.1. The zero-order chi connectivity index (χ0) is 17.7. The lowest BCUT2D eigenvalue weighted by Gasteiger charge is -2.03. The molecule has 0 spiro atoms. The highest BCUT2D eigenvalue weighted by molar-refractivity contribution is 5.95. The number of fused-ring (bicyclic) bond motifs is 1. The van der Waals surface area contributed by atoms with Crippen LogP contribution in [0.2, 0.25) is 0 Å². The molecule has 2 aromatic rings. The molecule has 126 valence electrons. The van der Waals surface area contributed by atoms with Gasteiger partial charge in [0.15, 0.2) is 5.82 Å². The number of allylic oxidation sites excluding steroid dienone is 3. The molecule has 0 radical (unpaired) electrons. The van der Waals surface area contributed by atoms with Crippen LogP contribution in [0.5, 0.6) is 0 Å². The van der Waals surface area contributed by atoms with E-state index < -0.39 is 10.9 Å². The average molecular weight is 331 g/mol. The molecule has 2 aromatic heterocycles. The molecule has 0 atom stereocenters. The summed E-state index contributed by atoms with van der Waals surface area (Å²) in [6, 6.07) is 0. The molecule has 0 aliphatic heterocycles. The fraction of sp³-hybridized carbons (Fsp3) is 0.267. The number of carbonyl (C=O) groups is 1. The van der Waals surface area contributed by atoms with Crippen LogP contribution in [0.3, 0.4) is 0 Å². The second-order valence-corrected chi connectivity index (χ2v) is 4.76. The minimum Gasteiger partial charge on any atom is -0.462 e. The normalized spacial score (nSPS) is 12.0. The number of nitrogen functional groups attached to an aromatic ring is 1. The van der Waals surface area contributed by atoms with Crippen molar-refractivity contribution in [2.45, 2.75) is 20.3 Å². The smallest absolute Gasteiger partial charge is 0.340 e. The number of nitrogens with two attached hydrogens (primary N) is 1. The molecule has 9 heteroatoms. The Labute approximate surface area is 137 Å². The van der Waals surface area contributed by atoms with E-state index in [1.54, 1.807) is 19.9 Å². The highest BCUT2D eigenvalue weighted by Crippen LogP contribution is 2.23. The summed E-state index contributed by atoms with van der Waals surface area (Å²) >= 11 is 0. The maximum atomic E-state index is 12.1. The van der Waals surface area contributed by atoms with Crippen LogP contribution in [0.4, 0.5) is 5.82 Å². The third-order valence-corrected chi connectivity index (χ3v) is 3.32. The van der Waals surface area contributed by atoms with Gasteiger partial charge in [-0.15, -0.1) is 0 Å². The first-order valence-corrected chi connectivity index (χ1v) is 7.24. The van der Waals surface area contributed by atoms with Crippen molar-refractivity contribution in [2.24, 2.45) is 0 Å². The number of nitro groups is 1. The lowest BCUT2D eigenvalue weighted by atomic mass is 10.1. The summed E-state index contributed by atoms with van der Waals surface area (Å²) in [6.07, 6.45) is 7.38. The zero-order valence-electron chi connectivity index (χ0n) is 13.3. The Hall–Kier alpha value is -3.23. The van der Waals surface area contributed by atoms with Crippen LogP contribution in [0.1, 0.15) is 29.8 Å². The second kappa shape index (κ2) is 7.36. The number of rotatable bonds is 6. The van der Waals surface area contributed by atoms with Gasteiger partial charge < -0.3 is 10.5 Å². The molecular formula is C15H17N5O4. The molecular weight excluding hydrogens is 314 g/mol. The summed E-state index contributed by atoms with van der Waals surface area (Å²) in [5.41, 5.74) is 7.18. The number of carbonyl (C=O) groups excluding carboxylic acids is 1. The summed E-state index contributed by atoms with van der Waals surface area (Å²) in [6.45, 7) is 3.51. The van der Waals surface area contributed by atoms with Crippen LogP contribution >= 0.6 is 0 Å². The first-order chi connectivity index (χ1) is 11.5. The van der Waals surface area contributed by atoms with Gasteiger partial charge >= 0.3 is 5.97 Å². The predicted molar refractivity (Wildman–Crippen MR) is 87.0 cm³/mol. The Morgan fingerprint density at radius 1 is 1.54 bits per heavy atom. The van der Waals surface area contributed by atoms with Crippen molar-refractivity contribution in [1.29, 1.82) is 0 Å². The van der Waals surface area contributed by atoms with Gasteiger partial charge in [-0.25, -0.2) is 14.3 Å². The van der Waals surface area contributed by atoms with E-state index in [2.05, 4.69) is 10.1 Å². The molecule has 9 nitrogen and oxygen atoms in total. The zero-order valence-corrected chi connectivity index (χ0v) is 13.3. The van der Waals surface area contributed by atoms with E-state index in [0.29, 0.717) is 16.6 Å². The quantitative estimate of drug-likeness (QED) is 0.370. The van der Waals surface area contributed by atoms with Gasteiger partial charge in [-0.05, 0) is 26.3 Å². The molecule has 0 bridgehead atoms. The summed E-state index contributed by atoms with van der Waals surface area (Å²) in [4.78, 5) is 26.4. The molecule has 24 heavy (non-hydrogen) atoms. The SMILES string of the molecule is C/C=C(\C=C/Cc1c(C(=O)OCC)cn2ncnc(N)c12)[N+](=O)[O-]. The topological polar surface area (TPSA) is 126 Å². The van der Waals surface area contributed by atoms with Crippen molar-refractivity contribution in [3.63, 3.8) is 0 Å². The van der Waals surface area contributed by atoms with E-state index in [1.165, 1.54) is 29.2 Å². The fourth-order valence-electron chi connectivity index (χ4n) is 2.25. The summed E-state index contributed by atoms with van der Waals surface area (Å²) < 4.78 is 6.49. The van der Waals surface area contributed by atoms with Crippen LogP contribution in [0, 0.1) is 10.1 Å². The number of aromatic nitrogens is 3.